The number of nitrogens with two attached hydrogens (primary N) is 2. The summed E-state index contributed by atoms with van der Waals surface area (Å²) < 4.78 is 27.3. The second kappa shape index (κ2) is 7.61. The number of halogens is 1. The van der Waals surface area contributed by atoms with E-state index >= 15 is 0 Å². The van der Waals surface area contributed by atoms with Gasteiger partial charge in [-0.05, 0) is 43.4 Å². The van der Waals surface area contributed by atoms with Gasteiger partial charge in [0.2, 0.25) is 15.9 Å². The van der Waals surface area contributed by atoms with Crippen LogP contribution in [-0.2, 0) is 10.0 Å². The van der Waals surface area contributed by atoms with E-state index in [-0.39, 0.29) is 41.4 Å². The van der Waals surface area contributed by atoms with Crippen LogP contribution in [0.5, 0.6) is 0 Å². The number of benzene rings is 1. The summed E-state index contributed by atoms with van der Waals surface area (Å²) in [6.45, 7) is 4.48. The average molecular weight is 362 g/mol. The van der Waals surface area contributed by atoms with Crippen molar-refractivity contribution in [1.29, 1.82) is 0 Å². The molecule has 0 aromatic heterocycles. The van der Waals surface area contributed by atoms with Crippen molar-refractivity contribution in [1.82, 2.24) is 4.31 Å². The fraction of sp³-hybridized carbons (Fsp3) is 0.533. The molecule has 23 heavy (non-hydrogen) atoms. The Kier molecular flexibility index (Phi) is 6.59. The van der Waals surface area contributed by atoms with E-state index in [1.54, 1.807) is 13.0 Å². The fourth-order valence-corrected chi connectivity index (χ4v) is 4.82. The first-order valence-corrected chi connectivity index (χ1v) is 8.85. The van der Waals surface area contributed by atoms with Crippen molar-refractivity contribution in [3.05, 3.63) is 29.3 Å². The van der Waals surface area contributed by atoms with Crippen molar-refractivity contribution in [3.8, 4) is 0 Å². The number of hydrogen-bond acceptors (Lipinski definition) is 4. The fourth-order valence-electron chi connectivity index (χ4n) is 3.02. The molecule has 0 bridgehead atoms. The van der Waals surface area contributed by atoms with Gasteiger partial charge in [0, 0.05) is 24.7 Å². The Morgan fingerprint density at radius 3 is 2.61 bits per heavy atom. The molecule has 0 saturated carbocycles. The van der Waals surface area contributed by atoms with E-state index in [1.165, 1.54) is 16.4 Å². The SMILES string of the molecule is Cc1ccc(S(=O)(=O)N2CCCC(C)C2CN)cc1C(N)=O.Cl. The van der Waals surface area contributed by atoms with E-state index in [1.807, 2.05) is 6.92 Å². The molecule has 8 heteroatoms. The third-order valence-corrected chi connectivity index (χ3v) is 6.31. The van der Waals surface area contributed by atoms with Crippen LogP contribution >= 0.6 is 12.4 Å². The summed E-state index contributed by atoms with van der Waals surface area (Å²) in [5, 5.41) is 0. The normalized spacial score (nSPS) is 22.4. The van der Waals surface area contributed by atoms with Crippen molar-refractivity contribution in [2.45, 2.75) is 37.6 Å². The zero-order valence-corrected chi connectivity index (χ0v) is 15.0. The van der Waals surface area contributed by atoms with Crippen LogP contribution in [-0.4, -0.2) is 37.8 Å². The van der Waals surface area contributed by atoms with Gasteiger partial charge in [-0.15, -0.1) is 12.4 Å². The highest BCUT2D eigenvalue weighted by Crippen LogP contribution is 2.29. The lowest BCUT2D eigenvalue weighted by Gasteiger charge is -2.38. The Hall–Kier alpha value is -1.15. The van der Waals surface area contributed by atoms with Gasteiger partial charge >= 0.3 is 0 Å². The standard InChI is InChI=1S/C15H23N3O3S.ClH/c1-10-5-6-12(8-13(10)15(17)19)22(20,21)18-7-3-4-11(2)14(18)9-16;/h5-6,8,11,14H,3-4,7,9,16H2,1-2H3,(H2,17,19);1H. The Morgan fingerprint density at radius 1 is 1.39 bits per heavy atom. The number of aryl methyl sites for hydroxylation is 1. The van der Waals surface area contributed by atoms with Crippen LogP contribution in [0.15, 0.2) is 23.1 Å². The smallest absolute Gasteiger partial charge is 0.249 e. The second-order valence-electron chi connectivity index (χ2n) is 5.88. The second-order valence-corrected chi connectivity index (χ2v) is 7.77. The van der Waals surface area contributed by atoms with Gasteiger partial charge in [-0.25, -0.2) is 8.42 Å². The van der Waals surface area contributed by atoms with E-state index in [0.29, 0.717) is 12.1 Å². The first-order chi connectivity index (χ1) is 10.3. The number of rotatable bonds is 4. The highest BCUT2D eigenvalue weighted by atomic mass is 35.5. The molecule has 1 aliphatic heterocycles. The number of sulfonamides is 1. The molecule has 1 aromatic rings. The van der Waals surface area contributed by atoms with Crippen molar-refractivity contribution >= 4 is 28.3 Å². The minimum absolute atomic E-state index is 0. The molecule has 0 spiro atoms. The summed E-state index contributed by atoms with van der Waals surface area (Å²) in [5.41, 5.74) is 12.0. The molecule has 2 atom stereocenters. The van der Waals surface area contributed by atoms with E-state index < -0.39 is 15.9 Å². The summed E-state index contributed by atoms with van der Waals surface area (Å²) in [6.07, 6.45) is 1.78. The van der Waals surface area contributed by atoms with Crippen molar-refractivity contribution in [2.75, 3.05) is 13.1 Å². The summed E-state index contributed by atoms with van der Waals surface area (Å²) in [7, 11) is -3.68. The maximum Gasteiger partial charge on any atom is 0.249 e. The molecule has 0 aliphatic carbocycles. The first-order valence-electron chi connectivity index (χ1n) is 7.41. The predicted octanol–water partition coefficient (Wildman–Crippen LogP) is 1.26. The van der Waals surface area contributed by atoms with E-state index in [4.69, 9.17) is 11.5 Å². The van der Waals surface area contributed by atoms with Crippen LogP contribution < -0.4 is 11.5 Å². The molecule has 1 amide bonds. The quantitative estimate of drug-likeness (QED) is 0.841. The maximum absolute atomic E-state index is 12.9. The molecule has 0 radical (unpaired) electrons. The highest BCUT2D eigenvalue weighted by molar-refractivity contribution is 7.89. The molecule has 1 saturated heterocycles. The minimum atomic E-state index is -3.68. The lowest BCUT2D eigenvalue weighted by atomic mass is 9.93. The summed E-state index contributed by atoms with van der Waals surface area (Å²) in [5.74, 6) is -0.411. The molecule has 1 aliphatic rings. The predicted molar refractivity (Wildman–Crippen MR) is 92.1 cm³/mol. The lowest BCUT2D eigenvalue weighted by molar-refractivity contribution is 0.0999. The molecular formula is C15H24ClN3O3S. The van der Waals surface area contributed by atoms with Gasteiger partial charge in [-0.1, -0.05) is 13.0 Å². The molecule has 4 N–H and O–H groups in total. The first kappa shape index (κ1) is 19.9. The van der Waals surface area contributed by atoms with Crippen LogP contribution in [0, 0.1) is 12.8 Å². The molecule has 130 valence electrons. The minimum Gasteiger partial charge on any atom is -0.366 e. The van der Waals surface area contributed by atoms with Gasteiger partial charge in [0.1, 0.15) is 0 Å². The van der Waals surface area contributed by atoms with Gasteiger partial charge in [-0.2, -0.15) is 4.31 Å². The number of hydrogen-bond donors (Lipinski definition) is 2. The van der Waals surface area contributed by atoms with Gasteiger partial charge < -0.3 is 11.5 Å². The molecule has 2 rings (SSSR count). The third-order valence-electron chi connectivity index (χ3n) is 4.39. The Morgan fingerprint density at radius 2 is 2.04 bits per heavy atom. The van der Waals surface area contributed by atoms with E-state index in [0.717, 1.165) is 12.8 Å². The molecule has 1 aromatic carbocycles. The van der Waals surface area contributed by atoms with E-state index in [9.17, 15) is 13.2 Å². The number of carbonyl (C=O) groups is 1. The number of primary amides is 1. The molecule has 1 heterocycles. The zero-order valence-electron chi connectivity index (χ0n) is 13.4. The monoisotopic (exact) mass is 361 g/mol. The Bertz CT molecular complexity index is 679. The molecule has 2 unspecified atom stereocenters. The lowest BCUT2D eigenvalue weighted by Crippen LogP contribution is -2.51. The molecule has 1 fully saturated rings. The Balaban J connectivity index is 0.00000264. The van der Waals surface area contributed by atoms with Gasteiger partial charge in [0.15, 0.2) is 0 Å². The van der Waals surface area contributed by atoms with Crippen LogP contribution in [0.1, 0.15) is 35.7 Å². The van der Waals surface area contributed by atoms with Crippen LogP contribution in [0.3, 0.4) is 0 Å². The van der Waals surface area contributed by atoms with Gasteiger partial charge in [0.25, 0.3) is 0 Å². The number of piperidine rings is 1. The zero-order chi connectivity index (χ0) is 16.5. The Labute approximate surface area is 143 Å². The number of carbonyl (C=O) groups excluding carboxylic acids is 1. The average Bonchev–Trinajstić information content (AvgIpc) is 2.46. The third kappa shape index (κ3) is 3.85. The molecular weight excluding hydrogens is 338 g/mol. The number of amides is 1. The summed E-state index contributed by atoms with van der Waals surface area (Å²) in [6, 6.07) is 4.28. The van der Waals surface area contributed by atoms with Gasteiger partial charge in [0.05, 0.1) is 4.90 Å². The molecule has 6 nitrogen and oxygen atoms in total. The summed E-state index contributed by atoms with van der Waals surface area (Å²) in [4.78, 5) is 11.5. The summed E-state index contributed by atoms with van der Waals surface area (Å²) >= 11 is 0. The maximum atomic E-state index is 12.9. The van der Waals surface area contributed by atoms with Crippen LogP contribution in [0.25, 0.3) is 0 Å². The van der Waals surface area contributed by atoms with Crippen LogP contribution in [0.4, 0.5) is 0 Å². The van der Waals surface area contributed by atoms with E-state index in [2.05, 4.69) is 0 Å². The van der Waals surface area contributed by atoms with Crippen molar-refractivity contribution in [3.63, 3.8) is 0 Å². The topological polar surface area (TPSA) is 106 Å². The van der Waals surface area contributed by atoms with Crippen LogP contribution in [0.2, 0.25) is 0 Å². The number of nitrogens with zero attached hydrogens (tertiary/aromatic N) is 1. The highest BCUT2D eigenvalue weighted by Gasteiger charge is 2.36. The largest absolute Gasteiger partial charge is 0.366 e. The van der Waals surface area contributed by atoms with Crippen molar-refractivity contribution < 1.29 is 13.2 Å². The van der Waals surface area contributed by atoms with Crippen molar-refractivity contribution in [2.24, 2.45) is 17.4 Å². The van der Waals surface area contributed by atoms with Gasteiger partial charge in [-0.3, -0.25) is 4.79 Å².